The van der Waals surface area contributed by atoms with E-state index in [4.69, 9.17) is 4.84 Å². The summed E-state index contributed by atoms with van der Waals surface area (Å²) in [6.07, 6.45) is 0. The lowest BCUT2D eigenvalue weighted by molar-refractivity contribution is 0.298. The highest BCUT2D eigenvalue weighted by Gasteiger charge is 2.16. The van der Waals surface area contributed by atoms with Crippen LogP contribution in [0.15, 0.2) is 41.2 Å². The van der Waals surface area contributed by atoms with Gasteiger partial charge in [-0.2, -0.15) is 0 Å². The van der Waals surface area contributed by atoms with Crippen LogP contribution in [0.2, 0.25) is 0 Å². The van der Waals surface area contributed by atoms with E-state index in [1.165, 1.54) is 0 Å². The third-order valence-corrected chi connectivity index (χ3v) is 4.12. The first-order chi connectivity index (χ1) is 9.35. The van der Waals surface area contributed by atoms with Crippen LogP contribution in [0.25, 0.3) is 5.76 Å². The molecular weight excluding hydrogens is 276 g/mol. The van der Waals surface area contributed by atoms with E-state index in [9.17, 15) is 8.42 Å². The van der Waals surface area contributed by atoms with Crippen LogP contribution in [0.4, 0.5) is 0 Å². The van der Waals surface area contributed by atoms with Crippen LogP contribution in [-0.4, -0.2) is 20.9 Å². The first-order valence-corrected chi connectivity index (χ1v) is 7.90. The van der Waals surface area contributed by atoms with Crippen LogP contribution >= 0.6 is 0 Å². The maximum Gasteiger partial charge on any atom is 0.232 e. The highest BCUT2D eigenvalue weighted by Crippen LogP contribution is 2.19. The van der Waals surface area contributed by atoms with Crippen molar-refractivity contribution < 1.29 is 13.3 Å². The molecule has 0 fully saturated rings. The van der Waals surface area contributed by atoms with E-state index in [0.717, 1.165) is 5.56 Å². The average molecular weight is 296 g/mol. The Morgan fingerprint density at radius 3 is 2.45 bits per heavy atom. The Kier molecular flexibility index (Phi) is 5.76. The second-order valence-electron chi connectivity index (χ2n) is 4.82. The number of oxime groups is 1. The summed E-state index contributed by atoms with van der Waals surface area (Å²) in [7, 11) is -3.40. The minimum Gasteiger partial charge on any atom is -0.355 e. The normalized spacial score (nSPS) is 12.8. The summed E-state index contributed by atoms with van der Waals surface area (Å²) in [5.74, 6) is 0.431. The minimum absolute atomic E-state index is 0.0407. The highest BCUT2D eigenvalue weighted by molar-refractivity contribution is 7.89. The average Bonchev–Trinajstić information content (AvgIpc) is 2.34. The lowest BCUT2D eigenvalue weighted by Crippen LogP contribution is -2.27. The van der Waals surface area contributed by atoms with Crippen molar-refractivity contribution >= 4 is 22.5 Å². The molecule has 0 amide bonds. The van der Waals surface area contributed by atoms with Gasteiger partial charge in [-0.3, -0.25) is 4.72 Å². The molecule has 1 aromatic carbocycles. The number of nitrogens with one attached hydrogen (secondary N) is 1. The van der Waals surface area contributed by atoms with Crippen molar-refractivity contribution in [1.82, 2.24) is 4.72 Å². The summed E-state index contributed by atoms with van der Waals surface area (Å²) < 4.78 is 26.4. The summed E-state index contributed by atoms with van der Waals surface area (Å²) >= 11 is 0. The summed E-state index contributed by atoms with van der Waals surface area (Å²) in [6.45, 7) is 8.59. The van der Waals surface area contributed by atoms with Gasteiger partial charge >= 0.3 is 0 Å². The van der Waals surface area contributed by atoms with E-state index in [1.54, 1.807) is 19.1 Å². The molecule has 0 saturated carbocycles. The molecule has 0 saturated heterocycles. The van der Waals surface area contributed by atoms with Gasteiger partial charge in [0.15, 0.2) is 5.76 Å². The first kappa shape index (κ1) is 16.2. The predicted molar refractivity (Wildman–Crippen MR) is 81.4 cm³/mol. The molecule has 1 rings (SSSR count). The Hall–Kier alpha value is -1.82. The molecule has 0 heterocycles. The molecule has 110 valence electrons. The molecule has 0 aliphatic heterocycles. The fourth-order valence-corrected chi connectivity index (χ4v) is 3.27. The Bertz CT molecular complexity index is 578. The number of hydrogen-bond donors (Lipinski definition) is 1. The maximum atomic E-state index is 11.9. The van der Waals surface area contributed by atoms with Crippen molar-refractivity contribution in [1.29, 1.82) is 0 Å². The second kappa shape index (κ2) is 7.09. The van der Waals surface area contributed by atoms with Gasteiger partial charge in [0, 0.05) is 12.3 Å². The maximum absolute atomic E-state index is 11.9. The Morgan fingerprint density at radius 1 is 1.35 bits per heavy atom. The van der Waals surface area contributed by atoms with Crippen LogP contribution in [-0.2, 0) is 14.9 Å². The summed E-state index contributed by atoms with van der Waals surface area (Å²) in [5.41, 5.74) is 1.11. The van der Waals surface area contributed by atoms with Crippen molar-refractivity contribution in [2.45, 2.75) is 20.8 Å². The smallest absolute Gasteiger partial charge is 0.232 e. The largest absolute Gasteiger partial charge is 0.355 e. The number of nitrogens with zero attached hydrogens (tertiary/aromatic N) is 1. The summed E-state index contributed by atoms with van der Waals surface area (Å²) in [5, 5.41) is 3.38. The van der Waals surface area contributed by atoms with E-state index in [1.807, 2.05) is 32.0 Å². The Labute approximate surface area is 120 Å². The van der Waals surface area contributed by atoms with E-state index < -0.39 is 10.0 Å². The van der Waals surface area contributed by atoms with Crippen molar-refractivity contribution in [2.75, 3.05) is 5.75 Å². The van der Waals surface area contributed by atoms with Gasteiger partial charge in [0.25, 0.3) is 0 Å². The van der Waals surface area contributed by atoms with Gasteiger partial charge in [-0.05, 0) is 12.8 Å². The number of sulfonamides is 1. The molecule has 1 aromatic rings. The fraction of sp³-hybridized carbons (Fsp3) is 0.357. The molecule has 0 bridgehead atoms. The molecule has 0 atom stereocenters. The van der Waals surface area contributed by atoms with Crippen molar-refractivity contribution in [3.63, 3.8) is 0 Å². The Balaban J connectivity index is 3.08. The second-order valence-corrected chi connectivity index (χ2v) is 6.58. The third kappa shape index (κ3) is 5.05. The number of hydrogen-bond acceptors (Lipinski definition) is 4. The van der Waals surface area contributed by atoms with Gasteiger partial charge < -0.3 is 4.84 Å². The van der Waals surface area contributed by atoms with Crippen LogP contribution in [0.3, 0.4) is 0 Å². The molecule has 0 aliphatic carbocycles. The third-order valence-electron chi connectivity index (χ3n) is 2.39. The van der Waals surface area contributed by atoms with Gasteiger partial charge in [-0.15, -0.1) is 0 Å². The molecular formula is C14H20N2O3S. The van der Waals surface area contributed by atoms with E-state index in [-0.39, 0.29) is 11.7 Å². The van der Waals surface area contributed by atoms with Crippen LogP contribution < -0.4 is 4.72 Å². The number of allylic oxidation sites excluding steroid dienone is 1. The first-order valence-electron chi connectivity index (χ1n) is 6.25. The number of rotatable bonds is 7. The van der Waals surface area contributed by atoms with Gasteiger partial charge in [0.2, 0.25) is 10.0 Å². The predicted octanol–water partition coefficient (Wildman–Crippen LogP) is 2.58. The molecule has 0 radical (unpaired) electrons. The van der Waals surface area contributed by atoms with E-state index >= 15 is 0 Å². The molecule has 20 heavy (non-hydrogen) atoms. The van der Waals surface area contributed by atoms with Crippen molar-refractivity contribution in [2.24, 2.45) is 11.1 Å². The zero-order valence-corrected chi connectivity index (χ0v) is 12.8. The van der Waals surface area contributed by atoms with Crippen molar-refractivity contribution in [3.05, 3.63) is 41.6 Å². The quantitative estimate of drug-likeness (QED) is 0.478. The Morgan fingerprint density at radius 2 is 1.95 bits per heavy atom. The lowest BCUT2D eigenvalue weighted by atomic mass is 10.1. The van der Waals surface area contributed by atoms with Crippen LogP contribution in [0, 0.1) is 5.92 Å². The minimum atomic E-state index is -3.40. The van der Waals surface area contributed by atoms with E-state index in [0.29, 0.717) is 11.5 Å². The highest BCUT2D eigenvalue weighted by atomic mass is 32.2. The standard InChI is InChI=1S/C14H20N2O3S/c1-11(2)10-20(17,18)16-12(3)14(19-15-4)13-8-6-5-7-9-13/h5-9,11,16H,4,10H2,1-3H3/b14-12+. The van der Waals surface area contributed by atoms with Crippen LogP contribution in [0.5, 0.6) is 0 Å². The fourth-order valence-electron chi connectivity index (χ4n) is 1.75. The molecule has 1 N–H and O–H groups in total. The van der Waals surface area contributed by atoms with E-state index in [2.05, 4.69) is 16.6 Å². The van der Waals surface area contributed by atoms with Gasteiger partial charge in [-0.1, -0.05) is 49.3 Å². The molecule has 0 aromatic heterocycles. The molecule has 5 nitrogen and oxygen atoms in total. The zero-order valence-electron chi connectivity index (χ0n) is 12.0. The monoisotopic (exact) mass is 296 g/mol. The molecule has 6 heteroatoms. The molecule has 0 aliphatic rings. The SMILES string of the molecule is C=NO/C(=C(\C)NS(=O)(=O)CC(C)C)c1ccccc1. The number of benzene rings is 1. The molecule has 0 spiro atoms. The summed E-state index contributed by atoms with van der Waals surface area (Å²) in [6, 6.07) is 9.14. The van der Waals surface area contributed by atoms with Gasteiger partial charge in [-0.25, -0.2) is 8.42 Å². The summed E-state index contributed by atoms with van der Waals surface area (Å²) in [4.78, 5) is 5.11. The zero-order chi connectivity index (χ0) is 15.2. The van der Waals surface area contributed by atoms with Crippen molar-refractivity contribution in [3.8, 4) is 0 Å². The van der Waals surface area contributed by atoms with Gasteiger partial charge in [0.05, 0.1) is 11.4 Å². The lowest BCUT2D eigenvalue weighted by Gasteiger charge is -2.13. The van der Waals surface area contributed by atoms with Crippen LogP contribution in [0.1, 0.15) is 26.3 Å². The molecule has 0 unspecified atom stereocenters. The topological polar surface area (TPSA) is 67.8 Å². The van der Waals surface area contributed by atoms with Gasteiger partial charge in [0.1, 0.15) is 0 Å².